The number of methoxy groups -OCH3 is 2. The van der Waals surface area contributed by atoms with E-state index < -0.39 is 0 Å². The number of aryl methyl sites for hydroxylation is 1. The number of rotatable bonds is 14. The van der Waals surface area contributed by atoms with E-state index >= 15 is 0 Å². The normalized spacial score (nSPS) is 10.8. The number of unbranched alkanes of at least 4 members (excludes halogenated alkanes) is 2. The van der Waals surface area contributed by atoms with E-state index in [2.05, 4.69) is 6.92 Å². The number of nitrogens with zero attached hydrogens (tertiary/aromatic N) is 2. The van der Waals surface area contributed by atoms with Crippen molar-refractivity contribution in [1.82, 2.24) is 9.80 Å². The van der Waals surface area contributed by atoms with Crippen LogP contribution in [0.3, 0.4) is 0 Å². The fourth-order valence-electron chi connectivity index (χ4n) is 3.97. The molecule has 0 saturated heterocycles. The highest BCUT2D eigenvalue weighted by Gasteiger charge is 2.24. The first-order valence-electron chi connectivity index (χ1n) is 12.3. The van der Waals surface area contributed by atoms with Crippen LogP contribution in [0, 0.1) is 6.92 Å². The molecule has 1 aromatic carbocycles. The lowest BCUT2D eigenvalue weighted by Crippen LogP contribution is -2.43. The van der Waals surface area contributed by atoms with Crippen LogP contribution in [-0.2, 0) is 17.8 Å². The zero-order valence-electron chi connectivity index (χ0n) is 21.6. The maximum absolute atomic E-state index is 13.5. The summed E-state index contributed by atoms with van der Waals surface area (Å²) < 4.78 is 21.8. The Labute approximate surface area is 212 Å². The van der Waals surface area contributed by atoms with Crippen molar-refractivity contribution in [2.75, 3.05) is 33.9 Å². The Balaban J connectivity index is 1.76. The minimum absolute atomic E-state index is 0.0329. The summed E-state index contributed by atoms with van der Waals surface area (Å²) in [7, 11) is 3.19. The van der Waals surface area contributed by atoms with Crippen molar-refractivity contribution in [2.24, 2.45) is 0 Å². The number of hydrogen-bond acceptors (Lipinski definition) is 6. The summed E-state index contributed by atoms with van der Waals surface area (Å²) in [6.45, 7) is 5.20. The molecule has 194 valence electrons. The molecule has 3 rings (SSSR count). The van der Waals surface area contributed by atoms with Crippen LogP contribution in [0.5, 0.6) is 11.5 Å². The molecule has 0 aliphatic heterocycles. The average Bonchev–Trinajstić information content (AvgIpc) is 3.57. The van der Waals surface area contributed by atoms with Gasteiger partial charge in [0.25, 0.3) is 5.91 Å². The second kappa shape index (κ2) is 13.4. The zero-order valence-corrected chi connectivity index (χ0v) is 21.6. The van der Waals surface area contributed by atoms with Crippen LogP contribution in [0.1, 0.15) is 53.8 Å². The largest absolute Gasteiger partial charge is 0.493 e. The lowest BCUT2D eigenvalue weighted by atomic mass is 10.1. The Morgan fingerprint density at radius 2 is 1.75 bits per heavy atom. The van der Waals surface area contributed by atoms with Crippen molar-refractivity contribution in [1.29, 1.82) is 0 Å². The van der Waals surface area contributed by atoms with E-state index in [4.69, 9.17) is 18.3 Å². The number of carbonyl (C=O) groups excluding carboxylic acids is 2. The lowest BCUT2D eigenvalue weighted by Gasteiger charge is -2.27. The maximum Gasteiger partial charge on any atom is 0.290 e. The average molecular weight is 497 g/mol. The first-order valence-corrected chi connectivity index (χ1v) is 12.3. The molecule has 2 heterocycles. The van der Waals surface area contributed by atoms with Crippen LogP contribution < -0.4 is 9.47 Å². The second-order valence-electron chi connectivity index (χ2n) is 8.68. The van der Waals surface area contributed by atoms with Gasteiger partial charge >= 0.3 is 0 Å². The topological polar surface area (TPSA) is 85.4 Å². The Kier molecular flexibility index (Phi) is 10.0. The smallest absolute Gasteiger partial charge is 0.290 e. The van der Waals surface area contributed by atoms with E-state index in [0.717, 1.165) is 30.6 Å². The number of carbonyl (C=O) groups is 2. The molecule has 36 heavy (non-hydrogen) atoms. The van der Waals surface area contributed by atoms with Crippen molar-refractivity contribution in [3.8, 4) is 11.5 Å². The summed E-state index contributed by atoms with van der Waals surface area (Å²) in [6.07, 6.45) is 4.89. The second-order valence-corrected chi connectivity index (χ2v) is 8.68. The Hall–Kier alpha value is -3.68. The maximum atomic E-state index is 13.5. The van der Waals surface area contributed by atoms with E-state index in [1.54, 1.807) is 36.2 Å². The van der Waals surface area contributed by atoms with Crippen LogP contribution in [0.4, 0.5) is 0 Å². The van der Waals surface area contributed by atoms with Crippen molar-refractivity contribution < 1.29 is 27.9 Å². The predicted octanol–water partition coefficient (Wildman–Crippen LogP) is 5.10. The molecule has 0 spiro atoms. The summed E-state index contributed by atoms with van der Waals surface area (Å²) in [4.78, 5) is 29.9. The molecular formula is C28H36N2O6. The molecule has 0 N–H and O–H groups in total. The van der Waals surface area contributed by atoms with Gasteiger partial charge in [0.15, 0.2) is 17.3 Å². The van der Waals surface area contributed by atoms with Crippen LogP contribution in [0.25, 0.3) is 0 Å². The van der Waals surface area contributed by atoms with E-state index in [0.29, 0.717) is 43.3 Å². The monoisotopic (exact) mass is 496 g/mol. The summed E-state index contributed by atoms with van der Waals surface area (Å²) in [5.74, 6) is 2.58. The molecule has 0 saturated carbocycles. The quantitative estimate of drug-likeness (QED) is 0.289. The highest BCUT2D eigenvalue weighted by molar-refractivity contribution is 5.94. The summed E-state index contributed by atoms with van der Waals surface area (Å²) >= 11 is 0. The van der Waals surface area contributed by atoms with E-state index in [9.17, 15) is 9.59 Å². The van der Waals surface area contributed by atoms with E-state index in [-0.39, 0.29) is 24.1 Å². The van der Waals surface area contributed by atoms with Gasteiger partial charge in [-0.15, -0.1) is 0 Å². The number of benzene rings is 1. The van der Waals surface area contributed by atoms with Gasteiger partial charge in [-0.25, -0.2) is 0 Å². The predicted molar refractivity (Wildman–Crippen MR) is 136 cm³/mol. The third kappa shape index (κ3) is 7.41. The van der Waals surface area contributed by atoms with Crippen LogP contribution in [0.15, 0.2) is 57.6 Å². The summed E-state index contributed by atoms with van der Waals surface area (Å²) in [5.41, 5.74) is 1.01. The van der Waals surface area contributed by atoms with Gasteiger partial charge in [-0.3, -0.25) is 9.59 Å². The van der Waals surface area contributed by atoms with Gasteiger partial charge in [0, 0.05) is 13.1 Å². The molecule has 3 aromatic rings. The minimum atomic E-state index is -0.280. The van der Waals surface area contributed by atoms with Gasteiger partial charge < -0.3 is 28.1 Å². The van der Waals surface area contributed by atoms with Gasteiger partial charge in [0.05, 0.1) is 27.0 Å². The number of hydrogen-bond donors (Lipinski definition) is 0. The lowest BCUT2D eigenvalue weighted by molar-refractivity contribution is -0.132. The zero-order chi connectivity index (χ0) is 25.9. The van der Waals surface area contributed by atoms with Gasteiger partial charge in [-0.2, -0.15) is 0 Å². The highest BCUT2D eigenvalue weighted by Crippen LogP contribution is 2.28. The molecule has 0 unspecified atom stereocenters. The molecule has 8 heteroatoms. The Morgan fingerprint density at radius 3 is 2.39 bits per heavy atom. The number of amides is 2. The van der Waals surface area contributed by atoms with Crippen molar-refractivity contribution in [3.05, 3.63) is 71.6 Å². The highest BCUT2D eigenvalue weighted by atomic mass is 16.5. The molecule has 2 aromatic heterocycles. The van der Waals surface area contributed by atoms with Crippen LogP contribution >= 0.6 is 0 Å². The fraction of sp³-hybridized carbons (Fsp3) is 0.429. The van der Waals surface area contributed by atoms with Crippen molar-refractivity contribution >= 4 is 11.8 Å². The van der Waals surface area contributed by atoms with E-state index in [1.165, 1.54) is 6.26 Å². The third-order valence-corrected chi connectivity index (χ3v) is 5.99. The standard InChI is InChI=1S/C28H36N2O6/c1-5-6-7-15-30(28(32)25-9-8-17-35-25)20-27(31)29(19-23-12-10-21(2)36-23)16-14-22-11-13-24(33-3)26(18-22)34-4/h8-13,17-18H,5-7,14-16,19-20H2,1-4H3. The van der Waals surface area contributed by atoms with Crippen LogP contribution in [-0.4, -0.2) is 55.5 Å². The molecule has 8 nitrogen and oxygen atoms in total. The number of furan rings is 2. The molecule has 0 aliphatic carbocycles. The Morgan fingerprint density at radius 1 is 0.944 bits per heavy atom. The molecular weight excluding hydrogens is 460 g/mol. The van der Waals surface area contributed by atoms with Gasteiger partial charge in [-0.05, 0) is 61.7 Å². The van der Waals surface area contributed by atoms with Crippen molar-refractivity contribution in [2.45, 2.75) is 46.1 Å². The molecule has 2 amide bonds. The first kappa shape index (κ1) is 26.9. The van der Waals surface area contributed by atoms with Gasteiger partial charge in [0.2, 0.25) is 5.91 Å². The van der Waals surface area contributed by atoms with Gasteiger partial charge in [0.1, 0.15) is 18.1 Å². The molecule has 0 fully saturated rings. The Bertz CT molecular complexity index is 1110. The third-order valence-electron chi connectivity index (χ3n) is 5.99. The molecule has 0 bridgehead atoms. The molecule has 0 atom stereocenters. The molecule has 0 aliphatic rings. The number of ether oxygens (including phenoxy) is 2. The van der Waals surface area contributed by atoms with E-state index in [1.807, 2.05) is 37.3 Å². The van der Waals surface area contributed by atoms with Crippen molar-refractivity contribution in [3.63, 3.8) is 0 Å². The summed E-state index contributed by atoms with van der Waals surface area (Å²) in [5, 5.41) is 0. The van der Waals surface area contributed by atoms with Gasteiger partial charge in [-0.1, -0.05) is 25.8 Å². The van der Waals surface area contributed by atoms with Crippen LogP contribution in [0.2, 0.25) is 0 Å². The summed E-state index contributed by atoms with van der Waals surface area (Å²) in [6, 6.07) is 12.8. The first-order chi connectivity index (χ1) is 17.4. The SMILES string of the molecule is CCCCCN(CC(=O)N(CCc1ccc(OC)c(OC)c1)Cc1ccc(C)o1)C(=O)c1ccco1. The molecule has 0 radical (unpaired) electrons. The fourth-order valence-corrected chi connectivity index (χ4v) is 3.97. The minimum Gasteiger partial charge on any atom is -0.493 e.